The van der Waals surface area contributed by atoms with Crippen molar-refractivity contribution in [1.29, 1.82) is 0 Å². The summed E-state index contributed by atoms with van der Waals surface area (Å²) in [4.78, 5) is 5.14. The van der Waals surface area contributed by atoms with E-state index in [1.807, 2.05) is 0 Å². The maximum Gasteiger partial charge on any atom is 0.0240 e. The predicted molar refractivity (Wildman–Crippen MR) is 139 cm³/mol. The highest BCUT2D eigenvalue weighted by Crippen LogP contribution is 2.19. The normalized spacial score (nSPS) is 16.5. The zero-order chi connectivity index (χ0) is 23.2. The molecule has 33 heavy (non-hydrogen) atoms. The largest absolute Gasteiger partial charge is 0.309 e. The maximum absolute atomic E-state index is 3.65. The summed E-state index contributed by atoms with van der Waals surface area (Å²) >= 11 is 0. The van der Waals surface area contributed by atoms with E-state index in [0.29, 0.717) is 12.1 Å². The van der Waals surface area contributed by atoms with E-state index in [4.69, 9.17) is 0 Å². The van der Waals surface area contributed by atoms with Crippen LogP contribution in [0.15, 0.2) is 72.8 Å². The zero-order valence-electron chi connectivity index (χ0n) is 20.7. The predicted octanol–water partition coefficient (Wildman–Crippen LogP) is 6.11. The highest BCUT2D eigenvalue weighted by molar-refractivity contribution is 5.27. The van der Waals surface area contributed by atoms with Crippen molar-refractivity contribution in [3.05, 3.63) is 106 Å². The van der Waals surface area contributed by atoms with Crippen molar-refractivity contribution in [1.82, 2.24) is 15.1 Å². The molecule has 3 aromatic carbocycles. The summed E-state index contributed by atoms with van der Waals surface area (Å²) in [5.41, 5.74) is 8.25. The molecule has 1 aliphatic heterocycles. The average molecular weight is 442 g/mol. The zero-order valence-corrected chi connectivity index (χ0v) is 20.7. The Morgan fingerprint density at radius 2 is 0.818 bits per heavy atom. The van der Waals surface area contributed by atoms with E-state index in [0.717, 1.165) is 39.3 Å². The highest BCUT2D eigenvalue weighted by Gasteiger charge is 2.15. The summed E-state index contributed by atoms with van der Waals surface area (Å²) in [5.74, 6) is 0. The first-order chi connectivity index (χ1) is 16.0. The van der Waals surface area contributed by atoms with Crippen LogP contribution in [-0.2, 0) is 39.3 Å². The molecule has 174 valence electrons. The third-order valence-corrected chi connectivity index (χ3v) is 6.64. The van der Waals surface area contributed by atoms with E-state index in [1.54, 1.807) is 0 Å². The van der Waals surface area contributed by atoms with E-state index in [2.05, 4.69) is 116 Å². The molecule has 0 atom stereocenters. The van der Waals surface area contributed by atoms with Crippen LogP contribution in [0.4, 0.5) is 0 Å². The van der Waals surface area contributed by atoms with Crippen molar-refractivity contribution in [2.75, 3.05) is 0 Å². The fourth-order valence-corrected chi connectivity index (χ4v) is 4.63. The fraction of sp³-hybridized carbons (Fsp3) is 0.400. The van der Waals surface area contributed by atoms with Gasteiger partial charge in [-0.1, -0.05) is 72.8 Å². The summed E-state index contributed by atoms with van der Waals surface area (Å²) in [6.07, 6.45) is 0. The third-order valence-electron chi connectivity index (χ3n) is 6.64. The van der Waals surface area contributed by atoms with Crippen molar-refractivity contribution in [2.45, 2.75) is 79.0 Å². The second-order valence-corrected chi connectivity index (χ2v) is 10.1. The van der Waals surface area contributed by atoms with Gasteiger partial charge < -0.3 is 5.32 Å². The minimum atomic E-state index is 0.484. The molecule has 1 aliphatic rings. The molecule has 0 aliphatic carbocycles. The lowest BCUT2D eigenvalue weighted by Gasteiger charge is -2.29. The van der Waals surface area contributed by atoms with Crippen LogP contribution in [0.25, 0.3) is 0 Å². The lowest BCUT2D eigenvalue weighted by molar-refractivity contribution is 0.200. The molecule has 0 aromatic heterocycles. The van der Waals surface area contributed by atoms with Crippen LogP contribution in [0, 0.1) is 0 Å². The van der Waals surface area contributed by atoms with Gasteiger partial charge in [-0.3, -0.25) is 9.80 Å². The van der Waals surface area contributed by atoms with Crippen LogP contribution in [0.1, 0.15) is 61.1 Å². The molecule has 3 nitrogen and oxygen atoms in total. The van der Waals surface area contributed by atoms with Crippen molar-refractivity contribution >= 4 is 0 Å². The van der Waals surface area contributed by atoms with Gasteiger partial charge >= 0.3 is 0 Å². The van der Waals surface area contributed by atoms with Crippen LogP contribution >= 0.6 is 0 Å². The minimum absolute atomic E-state index is 0.484. The highest BCUT2D eigenvalue weighted by atomic mass is 15.1. The van der Waals surface area contributed by atoms with Gasteiger partial charge in [0.15, 0.2) is 0 Å². The van der Waals surface area contributed by atoms with Gasteiger partial charge in [0.2, 0.25) is 0 Å². The molecule has 0 saturated heterocycles. The quantitative estimate of drug-likeness (QED) is 0.517. The Bertz CT molecular complexity index is 961. The minimum Gasteiger partial charge on any atom is -0.309 e. The van der Waals surface area contributed by atoms with Crippen molar-refractivity contribution in [3.63, 3.8) is 0 Å². The van der Waals surface area contributed by atoms with Crippen molar-refractivity contribution < 1.29 is 0 Å². The molecule has 0 unspecified atom stereocenters. The van der Waals surface area contributed by atoms with E-state index < -0.39 is 0 Å². The van der Waals surface area contributed by atoms with Gasteiger partial charge in [-0.05, 0) is 61.1 Å². The standard InChI is InChI=1S/C30H39N3/c1-23(2)32-19-27-10-5-8-25(14-27)17-31-18-26-9-6-11-28(15-26)20-33(24(3)4)22-30-13-7-12-29(16-30)21-32/h5-16,23-24,31H,17-22H2,1-4H3. The van der Waals surface area contributed by atoms with Crippen molar-refractivity contribution in [2.24, 2.45) is 0 Å². The Balaban J connectivity index is 1.67. The van der Waals surface area contributed by atoms with Crippen molar-refractivity contribution in [3.8, 4) is 0 Å². The van der Waals surface area contributed by atoms with Crippen LogP contribution in [-0.4, -0.2) is 21.9 Å². The number of nitrogens with zero attached hydrogens (tertiary/aromatic N) is 2. The number of rotatable bonds is 2. The molecule has 0 saturated carbocycles. The van der Waals surface area contributed by atoms with Gasteiger partial charge in [-0.15, -0.1) is 0 Å². The molecular weight excluding hydrogens is 402 g/mol. The SMILES string of the molecule is CC(C)N1Cc2cccc(c2)CNCc2cccc(c2)CN(C(C)C)Cc2cccc(c2)C1. The first-order valence-corrected chi connectivity index (χ1v) is 12.4. The number of hydrogen-bond acceptors (Lipinski definition) is 3. The van der Waals surface area contributed by atoms with E-state index in [9.17, 15) is 0 Å². The summed E-state index contributed by atoms with van der Waals surface area (Å²) in [6.45, 7) is 14.9. The first-order valence-electron chi connectivity index (χ1n) is 12.4. The van der Waals surface area contributed by atoms with Crippen LogP contribution in [0.3, 0.4) is 0 Å². The molecule has 3 heteroatoms. The topological polar surface area (TPSA) is 18.5 Å². The second-order valence-electron chi connectivity index (χ2n) is 10.1. The van der Waals surface area contributed by atoms with Gasteiger partial charge in [0.25, 0.3) is 0 Å². The van der Waals surface area contributed by atoms with Gasteiger partial charge in [-0.25, -0.2) is 0 Å². The van der Waals surface area contributed by atoms with Crippen LogP contribution in [0.5, 0.6) is 0 Å². The molecule has 1 heterocycles. The Labute approximate surface area is 200 Å². The summed E-state index contributed by atoms with van der Waals surface area (Å²) in [6, 6.07) is 28.3. The van der Waals surface area contributed by atoms with E-state index in [-0.39, 0.29) is 0 Å². The van der Waals surface area contributed by atoms with Gasteiger partial charge in [0.1, 0.15) is 0 Å². The van der Waals surface area contributed by atoms with Gasteiger partial charge in [-0.2, -0.15) is 0 Å². The Morgan fingerprint density at radius 1 is 0.515 bits per heavy atom. The molecule has 1 N–H and O–H groups in total. The van der Waals surface area contributed by atoms with E-state index >= 15 is 0 Å². The molecule has 6 bridgehead atoms. The maximum atomic E-state index is 3.65. The number of fused-ring (bicyclic) bond motifs is 6. The van der Waals surface area contributed by atoms with E-state index in [1.165, 1.54) is 33.4 Å². The lowest BCUT2D eigenvalue weighted by atomic mass is 10.1. The molecule has 0 radical (unpaired) electrons. The number of nitrogens with one attached hydrogen (secondary N) is 1. The monoisotopic (exact) mass is 441 g/mol. The molecular formula is C30H39N3. The smallest absolute Gasteiger partial charge is 0.0240 e. The molecule has 0 fully saturated rings. The average Bonchev–Trinajstić information content (AvgIpc) is 2.78. The van der Waals surface area contributed by atoms with Gasteiger partial charge in [0, 0.05) is 51.4 Å². The third kappa shape index (κ3) is 6.77. The molecule has 3 aromatic rings. The number of hydrogen-bond donors (Lipinski definition) is 1. The lowest BCUT2D eigenvalue weighted by Crippen LogP contribution is -2.31. The molecule has 0 spiro atoms. The molecule has 0 amide bonds. The molecule has 4 rings (SSSR count). The summed E-state index contributed by atoms with van der Waals surface area (Å²) in [7, 11) is 0. The van der Waals surface area contributed by atoms with Crippen LogP contribution < -0.4 is 5.32 Å². The van der Waals surface area contributed by atoms with Crippen LogP contribution in [0.2, 0.25) is 0 Å². The number of benzene rings is 3. The Morgan fingerprint density at radius 3 is 1.15 bits per heavy atom. The first kappa shape index (κ1) is 23.7. The summed E-state index contributed by atoms with van der Waals surface area (Å²) in [5, 5.41) is 3.65. The second kappa shape index (κ2) is 11.1. The fourth-order valence-electron chi connectivity index (χ4n) is 4.63. The summed E-state index contributed by atoms with van der Waals surface area (Å²) < 4.78 is 0. The van der Waals surface area contributed by atoms with Gasteiger partial charge in [0.05, 0.1) is 0 Å². The Kier molecular flexibility index (Phi) is 7.97. The Hall–Kier alpha value is -2.46.